The molecule has 136 valence electrons. The van der Waals surface area contributed by atoms with Gasteiger partial charge >= 0.3 is 0 Å². The lowest BCUT2D eigenvalue weighted by Crippen LogP contribution is -2.13. The summed E-state index contributed by atoms with van der Waals surface area (Å²) in [6.45, 7) is 6.43. The summed E-state index contributed by atoms with van der Waals surface area (Å²) >= 11 is 0. The molecular formula is C21H29NO2S. The van der Waals surface area contributed by atoms with Crippen LogP contribution in [-0.2, 0) is 16.4 Å². The zero-order valence-electron chi connectivity index (χ0n) is 15.5. The first-order valence-electron chi connectivity index (χ1n) is 9.14. The van der Waals surface area contributed by atoms with Gasteiger partial charge in [0.2, 0.25) is 0 Å². The Balaban J connectivity index is 2.01. The zero-order chi connectivity index (χ0) is 18.3. The molecule has 0 aliphatic carbocycles. The van der Waals surface area contributed by atoms with Crippen LogP contribution >= 0.6 is 0 Å². The van der Waals surface area contributed by atoms with Gasteiger partial charge in [0.1, 0.15) is 0 Å². The monoisotopic (exact) mass is 359 g/mol. The van der Waals surface area contributed by atoms with Gasteiger partial charge in [-0.15, -0.1) is 0 Å². The molecule has 2 aromatic carbocycles. The van der Waals surface area contributed by atoms with Gasteiger partial charge in [-0.2, -0.15) is 0 Å². The Morgan fingerprint density at radius 3 is 2.08 bits per heavy atom. The van der Waals surface area contributed by atoms with E-state index in [-0.39, 0.29) is 0 Å². The predicted molar refractivity (Wildman–Crippen MR) is 106 cm³/mol. The number of benzene rings is 2. The molecule has 2 aromatic rings. The summed E-state index contributed by atoms with van der Waals surface area (Å²) in [5.41, 5.74) is 2.97. The number of hydrogen-bond donors (Lipinski definition) is 1. The summed E-state index contributed by atoms with van der Waals surface area (Å²) in [5.74, 6) is 0.426. The highest BCUT2D eigenvalue weighted by molar-refractivity contribution is 7.92. The van der Waals surface area contributed by atoms with Gasteiger partial charge < -0.3 is 0 Å². The van der Waals surface area contributed by atoms with E-state index < -0.39 is 10.0 Å². The minimum atomic E-state index is -3.54. The number of sulfonamides is 1. The fraction of sp³-hybridized carbons (Fsp3) is 0.429. The maximum Gasteiger partial charge on any atom is 0.261 e. The molecule has 0 saturated carbocycles. The Bertz CT molecular complexity index is 747. The molecule has 0 bridgehead atoms. The molecule has 0 aromatic heterocycles. The number of hydrogen-bond acceptors (Lipinski definition) is 2. The first-order valence-corrected chi connectivity index (χ1v) is 10.6. The quantitative estimate of drug-likeness (QED) is 0.581. The molecule has 0 aliphatic rings. The van der Waals surface area contributed by atoms with Gasteiger partial charge in [0, 0.05) is 5.69 Å². The third-order valence-electron chi connectivity index (χ3n) is 4.38. The molecule has 0 aliphatic heterocycles. The second-order valence-electron chi connectivity index (χ2n) is 6.84. The SMILES string of the molecule is CCCCCCc1ccc(S(=O)(=O)Nc2ccc(C(C)C)cc2)cc1. The Morgan fingerprint density at radius 1 is 0.880 bits per heavy atom. The fourth-order valence-electron chi connectivity index (χ4n) is 2.74. The highest BCUT2D eigenvalue weighted by atomic mass is 32.2. The molecule has 0 fully saturated rings. The van der Waals surface area contributed by atoms with E-state index in [4.69, 9.17) is 0 Å². The number of anilines is 1. The summed E-state index contributed by atoms with van der Waals surface area (Å²) in [6.07, 6.45) is 5.86. The Labute approximate surface area is 152 Å². The lowest BCUT2D eigenvalue weighted by atomic mass is 10.0. The van der Waals surface area contributed by atoms with Gasteiger partial charge in [-0.1, -0.05) is 64.3 Å². The van der Waals surface area contributed by atoms with Crippen molar-refractivity contribution in [2.45, 2.75) is 63.7 Å². The molecule has 1 N–H and O–H groups in total. The average Bonchev–Trinajstić information content (AvgIpc) is 2.59. The minimum absolute atomic E-state index is 0.303. The molecule has 0 radical (unpaired) electrons. The third-order valence-corrected chi connectivity index (χ3v) is 5.78. The summed E-state index contributed by atoms with van der Waals surface area (Å²) in [5, 5.41) is 0. The van der Waals surface area contributed by atoms with Crippen molar-refractivity contribution < 1.29 is 8.42 Å². The van der Waals surface area contributed by atoms with Crippen LogP contribution in [0.2, 0.25) is 0 Å². The van der Waals surface area contributed by atoms with Crippen molar-refractivity contribution in [1.82, 2.24) is 0 Å². The first kappa shape index (κ1) is 19.5. The van der Waals surface area contributed by atoms with Crippen molar-refractivity contribution in [3.8, 4) is 0 Å². The molecule has 2 rings (SSSR count). The van der Waals surface area contributed by atoms with E-state index in [0.717, 1.165) is 12.8 Å². The van der Waals surface area contributed by atoms with Crippen LogP contribution in [0.4, 0.5) is 5.69 Å². The van der Waals surface area contributed by atoms with Gasteiger partial charge in [0.25, 0.3) is 10.0 Å². The normalized spacial score (nSPS) is 11.7. The zero-order valence-corrected chi connectivity index (χ0v) is 16.3. The molecule has 0 atom stereocenters. The largest absolute Gasteiger partial charge is 0.280 e. The maximum atomic E-state index is 12.5. The molecule has 0 spiro atoms. The number of nitrogens with one attached hydrogen (secondary N) is 1. The van der Waals surface area contributed by atoms with Crippen LogP contribution in [0.1, 0.15) is 63.5 Å². The van der Waals surface area contributed by atoms with Crippen LogP contribution in [-0.4, -0.2) is 8.42 Å². The van der Waals surface area contributed by atoms with Crippen molar-refractivity contribution in [2.75, 3.05) is 4.72 Å². The van der Waals surface area contributed by atoms with Crippen LogP contribution in [0.3, 0.4) is 0 Å². The van der Waals surface area contributed by atoms with E-state index in [9.17, 15) is 8.42 Å². The molecular weight excluding hydrogens is 330 g/mol. The molecule has 4 heteroatoms. The highest BCUT2D eigenvalue weighted by Gasteiger charge is 2.14. The molecule has 0 heterocycles. The lowest BCUT2D eigenvalue weighted by Gasteiger charge is -2.11. The molecule has 0 amide bonds. The Hall–Kier alpha value is -1.81. The van der Waals surface area contributed by atoms with Crippen molar-refractivity contribution in [2.24, 2.45) is 0 Å². The summed E-state index contributed by atoms with van der Waals surface area (Å²) in [4.78, 5) is 0.303. The van der Waals surface area contributed by atoms with E-state index in [0.29, 0.717) is 16.5 Å². The van der Waals surface area contributed by atoms with E-state index in [2.05, 4.69) is 25.5 Å². The number of unbranched alkanes of at least 4 members (excludes halogenated alkanes) is 3. The smallest absolute Gasteiger partial charge is 0.261 e. The van der Waals surface area contributed by atoms with E-state index >= 15 is 0 Å². The second-order valence-corrected chi connectivity index (χ2v) is 8.52. The van der Waals surface area contributed by atoms with Crippen LogP contribution < -0.4 is 4.72 Å². The molecule has 3 nitrogen and oxygen atoms in total. The second kappa shape index (κ2) is 9.04. The Morgan fingerprint density at radius 2 is 1.52 bits per heavy atom. The fourth-order valence-corrected chi connectivity index (χ4v) is 3.80. The number of aryl methyl sites for hydroxylation is 1. The van der Waals surface area contributed by atoms with Crippen molar-refractivity contribution in [3.05, 3.63) is 59.7 Å². The summed E-state index contributed by atoms with van der Waals surface area (Å²) in [7, 11) is -3.54. The Kier molecular flexibility index (Phi) is 7.06. The number of rotatable bonds is 9. The minimum Gasteiger partial charge on any atom is -0.280 e. The predicted octanol–water partition coefficient (Wildman–Crippen LogP) is 5.73. The summed E-state index contributed by atoms with van der Waals surface area (Å²) < 4.78 is 27.7. The molecule has 0 unspecified atom stereocenters. The van der Waals surface area contributed by atoms with Crippen LogP contribution in [0.25, 0.3) is 0 Å². The van der Waals surface area contributed by atoms with Crippen molar-refractivity contribution >= 4 is 15.7 Å². The maximum absolute atomic E-state index is 12.5. The first-order chi connectivity index (χ1) is 11.9. The topological polar surface area (TPSA) is 46.2 Å². The van der Waals surface area contributed by atoms with Gasteiger partial charge in [0.05, 0.1) is 4.90 Å². The standard InChI is InChI=1S/C21H29NO2S/c1-4-5-6-7-8-18-9-15-21(16-10-18)25(23,24)22-20-13-11-19(12-14-20)17(2)3/h9-17,22H,4-8H2,1-3H3. The van der Waals surface area contributed by atoms with Crippen molar-refractivity contribution in [1.29, 1.82) is 0 Å². The highest BCUT2D eigenvalue weighted by Crippen LogP contribution is 2.20. The third kappa shape index (κ3) is 5.89. The van der Waals surface area contributed by atoms with Gasteiger partial charge in [-0.3, -0.25) is 4.72 Å². The van der Waals surface area contributed by atoms with Gasteiger partial charge in [-0.25, -0.2) is 8.42 Å². The summed E-state index contributed by atoms with van der Waals surface area (Å²) in [6, 6.07) is 14.8. The van der Waals surface area contributed by atoms with Crippen LogP contribution in [0, 0.1) is 0 Å². The lowest BCUT2D eigenvalue weighted by molar-refractivity contribution is 0.601. The van der Waals surface area contributed by atoms with E-state index in [1.165, 1.54) is 30.4 Å². The van der Waals surface area contributed by atoms with Crippen molar-refractivity contribution in [3.63, 3.8) is 0 Å². The average molecular weight is 360 g/mol. The van der Waals surface area contributed by atoms with Crippen LogP contribution in [0.15, 0.2) is 53.4 Å². The molecule has 25 heavy (non-hydrogen) atoms. The van der Waals surface area contributed by atoms with E-state index in [1.807, 2.05) is 36.4 Å². The van der Waals surface area contributed by atoms with Gasteiger partial charge in [0.15, 0.2) is 0 Å². The van der Waals surface area contributed by atoms with Crippen LogP contribution in [0.5, 0.6) is 0 Å². The van der Waals surface area contributed by atoms with Gasteiger partial charge in [-0.05, 0) is 54.2 Å². The van der Waals surface area contributed by atoms with E-state index in [1.54, 1.807) is 12.1 Å². The molecule has 0 saturated heterocycles.